The SMILES string of the molecule is C=CC[C@@]12C(=O)C=C(OC)[C@@](O)(CC=C(C)C)[C@@H]1CC=C(C)[C@@H]2CC=C(C)C. The van der Waals surface area contributed by atoms with E-state index in [1.54, 1.807) is 6.08 Å². The van der Waals surface area contributed by atoms with Crippen LogP contribution in [0.5, 0.6) is 0 Å². The Balaban J connectivity index is 2.71. The molecule has 0 fully saturated rings. The summed E-state index contributed by atoms with van der Waals surface area (Å²) in [6, 6.07) is 0. The highest BCUT2D eigenvalue weighted by Gasteiger charge is 2.61. The van der Waals surface area contributed by atoms with Gasteiger partial charge in [0.25, 0.3) is 0 Å². The number of carbonyl (C=O) groups is 1. The minimum absolute atomic E-state index is 0.0412. The number of ketones is 1. The highest BCUT2D eigenvalue weighted by molar-refractivity contribution is 5.98. The molecule has 0 spiro atoms. The number of carbonyl (C=O) groups excluding carboxylic acids is 1. The van der Waals surface area contributed by atoms with Crippen molar-refractivity contribution in [3.8, 4) is 0 Å². The van der Waals surface area contributed by atoms with Gasteiger partial charge in [0.2, 0.25) is 0 Å². The molecule has 2 aliphatic rings. The van der Waals surface area contributed by atoms with Gasteiger partial charge >= 0.3 is 0 Å². The second-order valence-electron chi connectivity index (χ2n) is 8.83. The second-order valence-corrected chi connectivity index (χ2v) is 8.83. The smallest absolute Gasteiger partial charge is 0.166 e. The van der Waals surface area contributed by atoms with Gasteiger partial charge in [-0.3, -0.25) is 4.79 Å². The predicted octanol–water partition coefficient (Wildman–Crippen LogP) is 5.69. The maximum atomic E-state index is 13.6. The van der Waals surface area contributed by atoms with E-state index in [9.17, 15) is 9.90 Å². The Bertz CT molecular complexity index is 744. The van der Waals surface area contributed by atoms with E-state index in [-0.39, 0.29) is 17.6 Å². The predicted molar refractivity (Wildman–Crippen MR) is 116 cm³/mol. The molecule has 0 heterocycles. The molecule has 0 bridgehead atoms. The zero-order valence-corrected chi connectivity index (χ0v) is 18.3. The molecule has 154 valence electrons. The first-order valence-electron chi connectivity index (χ1n) is 10.2. The summed E-state index contributed by atoms with van der Waals surface area (Å²) in [6.45, 7) is 14.3. The molecule has 3 heteroatoms. The third kappa shape index (κ3) is 3.82. The maximum absolute atomic E-state index is 13.6. The lowest BCUT2D eigenvalue weighted by Crippen LogP contribution is -2.59. The van der Waals surface area contributed by atoms with E-state index in [0.717, 1.165) is 12.0 Å². The van der Waals surface area contributed by atoms with Crippen molar-refractivity contribution >= 4 is 5.78 Å². The van der Waals surface area contributed by atoms with Crippen LogP contribution in [0.1, 0.15) is 60.3 Å². The van der Waals surface area contributed by atoms with Crippen LogP contribution < -0.4 is 0 Å². The van der Waals surface area contributed by atoms with Gasteiger partial charge in [-0.1, -0.05) is 41.0 Å². The first kappa shape index (κ1) is 22.4. The van der Waals surface area contributed by atoms with Crippen molar-refractivity contribution in [3.63, 3.8) is 0 Å². The first-order valence-corrected chi connectivity index (χ1v) is 10.2. The van der Waals surface area contributed by atoms with Gasteiger partial charge in [-0.25, -0.2) is 0 Å². The average Bonchev–Trinajstić information content (AvgIpc) is 2.62. The molecule has 0 saturated carbocycles. The minimum atomic E-state index is -1.20. The van der Waals surface area contributed by atoms with Gasteiger partial charge in [-0.15, -0.1) is 6.58 Å². The number of ether oxygens (including phenoxy) is 1. The van der Waals surface area contributed by atoms with E-state index in [1.165, 1.54) is 18.3 Å². The number of hydrogen-bond donors (Lipinski definition) is 1. The van der Waals surface area contributed by atoms with Gasteiger partial charge in [-0.2, -0.15) is 0 Å². The van der Waals surface area contributed by atoms with Crippen LogP contribution in [0, 0.1) is 17.3 Å². The molecule has 0 aromatic carbocycles. The van der Waals surface area contributed by atoms with E-state index in [4.69, 9.17) is 4.74 Å². The molecule has 3 nitrogen and oxygen atoms in total. The van der Waals surface area contributed by atoms with E-state index in [2.05, 4.69) is 39.5 Å². The lowest BCUT2D eigenvalue weighted by molar-refractivity contribution is -0.150. The molecule has 28 heavy (non-hydrogen) atoms. The van der Waals surface area contributed by atoms with Crippen molar-refractivity contribution in [1.82, 2.24) is 0 Å². The first-order chi connectivity index (χ1) is 13.1. The fourth-order valence-corrected chi connectivity index (χ4v) is 5.03. The van der Waals surface area contributed by atoms with E-state index >= 15 is 0 Å². The Morgan fingerprint density at radius 2 is 1.89 bits per heavy atom. The molecule has 0 amide bonds. The van der Waals surface area contributed by atoms with Crippen molar-refractivity contribution in [1.29, 1.82) is 0 Å². The van der Waals surface area contributed by atoms with Crippen LogP contribution in [0.2, 0.25) is 0 Å². The summed E-state index contributed by atoms with van der Waals surface area (Å²) in [5.41, 5.74) is 1.70. The molecule has 0 aliphatic heterocycles. The number of methoxy groups -OCH3 is 1. The monoisotopic (exact) mass is 384 g/mol. The summed E-state index contributed by atoms with van der Waals surface area (Å²) in [4.78, 5) is 13.6. The van der Waals surface area contributed by atoms with Crippen LogP contribution in [-0.2, 0) is 9.53 Å². The summed E-state index contributed by atoms with van der Waals surface area (Å²) in [5.74, 6) is 0.226. The lowest BCUT2D eigenvalue weighted by Gasteiger charge is -2.55. The fourth-order valence-electron chi connectivity index (χ4n) is 5.03. The zero-order valence-electron chi connectivity index (χ0n) is 18.3. The summed E-state index contributed by atoms with van der Waals surface area (Å²) >= 11 is 0. The van der Waals surface area contributed by atoms with Crippen molar-refractivity contribution in [3.05, 3.63) is 59.4 Å². The van der Waals surface area contributed by atoms with Crippen LogP contribution in [0.4, 0.5) is 0 Å². The summed E-state index contributed by atoms with van der Waals surface area (Å²) in [6.07, 6.45) is 12.3. The average molecular weight is 385 g/mol. The molecule has 2 aliphatic carbocycles. The topological polar surface area (TPSA) is 46.5 Å². The Kier molecular flexibility index (Phi) is 6.93. The van der Waals surface area contributed by atoms with Gasteiger partial charge in [0.15, 0.2) is 5.78 Å². The lowest BCUT2D eigenvalue weighted by atomic mass is 9.49. The molecule has 2 rings (SSSR count). The number of allylic oxidation sites excluding steroid dienone is 7. The molecule has 0 unspecified atom stereocenters. The third-order valence-corrected chi connectivity index (χ3v) is 6.48. The highest BCUT2D eigenvalue weighted by atomic mass is 16.5. The molecule has 4 atom stereocenters. The van der Waals surface area contributed by atoms with E-state index < -0.39 is 11.0 Å². The van der Waals surface area contributed by atoms with Gasteiger partial charge < -0.3 is 9.84 Å². The van der Waals surface area contributed by atoms with Crippen molar-refractivity contribution in [2.45, 2.75) is 65.9 Å². The minimum Gasteiger partial charge on any atom is -0.498 e. The Morgan fingerprint density at radius 3 is 2.43 bits per heavy atom. The van der Waals surface area contributed by atoms with Crippen molar-refractivity contribution in [2.24, 2.45) is 17.3 Å². The molecular formula is C25H36O3. The van der Waals surface area contributed by atoms with E-state index in [0.29, 0.717) is 25.0 Å². The normalized spacial score (nSPS) is 31.9. The van der Waals surface area contributed by atoms with Crippen molar-refractivity contribution in [2.75, 3.05) is 7.11 Å². The molecule has 1 N–H and O–H groups in total. The van der Waals surface area contributed by atoms with Crippen LogP contribution >= 0.6 is 0 Å². The number of fused-ring (bicyclic) bond motifs is 1. The quantitative estimate of drug-likeness (QED) is 0.574. The summed E-state index contributed by atoms with van der Waals surface area (Å²) in [5, 5.41) is 11.9. The summed E-state index contributed by atoms with van der Waals surface area (Å²) < 4.78 is 5.54. The third-order valence-electron chi connectivity index (χ3n) is 6.48. The van der Waals surface area contributed by atoms with Gasteiger partial charge in [0, 0.05) is 23.8 Å². The largest absolute Gasteiger partial charge is 0.498 e. The van der Waals surface area contributed by atoms with Crippen LogP contribution in [0.15, 0.2) is 59.4 Å². The van der Waals surface area contributed by atoms with Crippen LogP contribution in [0.25, 0.3) is 0 Å². The van der Waals surface area contributed by atoms with Gasteiger partial charge in [0.1, 0.15) is 11.4 Å². The molecular weight excluding hydrogens is 348 g/mol. The molecule has 0 aromatic heterocycles. The molecule has 0 aromatic rings. The van der Waals surface area contributed by atoms with Crippen molar-refractivity contribution < 1.29 is 14.6 Å². The Labute approximate surface area is 170 Å². The van der Waals surface area contributed by atoms with Gasteiger partial charge in [-0.05, 0) is 59.8 Å². The van der Waals surface area contributed by atoms with Crippen LogP contribution in [0.3, 0.4) is 0 Å². The summed E-state index contributed by atoms with van der Waals surface area (Å²) in [7, 11) is 1.54. The second kappa shape index (κ2) is 8.65. The van der Waals surface area contributed by atoms with Gasteiger partial charge in [0.05, 0.1) is 7.11 Å². The number of aliphatic hydroxyl groups is 1. The number of hydrogen-bond acceptors (Lipinski definition) is 3. The molecule has 0 saturated heterocycles. The van der Waals surface area contributed by atoms with Crippen LogP contribution in [-0.4, -0.2) is 23.6 Å². The number of rotatable bonds is 7. The Morgan fingerprint density at radius 1 is 1.25 bits per heavy atom. The Hall–Kier alpha value is -1.87. The highest BCUT2D eigenvalue weighted by Crippen LogP contribution is 2.59. The standard InChI is InChI=1S/C25H36O3/c1-8-14-24-20(11-9-17(2)3)19(6)10-12-21(24)25(27,15-13-18(4)5)23(28-7)16-22(24)26/h8-10,13,16,20-21,27H,1,11-12,14-15H2,2-7H3/t20-,21+,24-,25+/m0/s1. The van der Waals surface area contributed by atoms with E-state index in [1.807, 2.05) is 26.0 Å². The maximum Gasteiger partial charge on any atom is 0.166 e. The zero-order chi connectivity index (χ0) is 21.1. The fraction of sp³-hybridized carbons (Fsp3) is 0.560. The molecule has 0 radical (unpaired) electrons.